The van der Waals surface area contributed by atoms with E-state index < -0.39 is 5.97 Å². The number of benzene rings is 3. The van der Waals surface area contributed by atoms with Gasteiger partial charge in [0.2, 0.25) is 5.36 Å². The zero-order valence-electron chi connectivity index (χ0n) is 65.0. The van der Waals surface area contributed by atoms with Gasteiger partial charge in [-0.15, -0.1) is 0 Å². The zero-order valence-corrected chi connectivity index (χ0v) is 65.0. The van der Waals surface area contributed by atoms with E-state index in [4.69, 9.17) is 4.42 Å². The summed E-state index contributed by atoms with van der Waals surface area (Å²) in [6.45, 7) is 13.5. The maximum absolute atomic E-state index is 13.1. The minimum absolute atomic E-state index is 0. The highest BCUT2D eigenvalue weighted by Crippen LogP contribution is 2.42. The van der Waals surface area contributed by atoms with E-state index in [0.29, 0.717) is 5.56 Å². The molecule has 98 heavy (non-hydrogen) atoms. The molecule has 4 rings (SSSR count). The summed E-state index contributed by atoms with van der Waals surface area (Å²) in [5.74, 6) is -0.0399. The van der Waals surface area contributed by atoms with Gasteiger partial charge in [-0.1, -0.05) is 426 Å². The number of carboxylic acid groups (broad SMARTS) is 1. The van der Waals surface area contributed by atoms with Crippen LogP contribution in [0.3, 0.4) is 0 Å². The molecule has 0 spiro atoms. The fraction of sp³-hybridized carbons (Fsp3) is 0.785. The average molecular weight is 1360 g/mol. The molecule has 0 fully saturated rings. The second-order valence-corrected chi connectivity index (χ2v) is 30.9. The third-order valence-electron chi connectivity index (χ3n) is 22.0. The Labute approximate surface area is 609 Å². The van der Waals surface area contributed by atoms with Gasteiger partial charge in [-0.05, 0) is 55.5 Å². The SMILES string of the molecule is C.CCCCCCCCCCCCCCCCCCN(CCCCCCCCCCCCCCCCCC)c1ccc2c(-c3ccccc3C(=O)O)c3ccc(=[N+](CCCCCCCCCCCCCCCCCC)CCCCCCCCCCCCCCCCCC)cc-3oc2c1. The summed E-state index contributed by atoms with van der Waals surface area (Å²) in [6.07, 6.45) is 88.6. The van der Waals surface area contributed by atoms with Crippen molar-refractivity contribution in [3.05, 3.63) is 71.6 Å². The molecule has 0 bridgehead atoms. The highest BCUT2D eigenvalue weighted by atomic mass is 16.4. The highest BCUT2D eigenvalue weighted by Gasteiger charge is 2.23. The predicted octanol–water partition coefficient (Wildman–Crippen LogP) is 31.2. The van der Waals surface area contributed by atoms with Gasteiger partial charge in [-0.2, -0.15) is 0 Å². The Hall–Kier alpha value is -3.60. The molecule has 2 aliphatic rings. The lowest BCUT2D eigenvalue weighted by Crippen LogP contribution is -2.32. The molecule has 5 heteroatoms. The number of rotatable bonds is 71. The Balaban J connectivity index is 0.0000250. The van der Waals surface area contributed by atoms with Gasteiger partial charge in [0.05, 0.1) is 11.6 Å². The normalized spacial score (nSPS) is 11.6. The number of aromatic carboxylic acids is 1. The van der Waals surface area contributed by atoms with E-state index in [1.807, 2.05) is 18.2 Å². The molecule has 0 atom stereocenters. The van der Waals surface area contributed by atoms with Crippen LogP contribution < -0.4 is 14.8 Å². The van der Waals surface area contributed by atoms with Gasteiger partial charge in [-0.25, -0.2) is 9.37 Å². The predicted molar refractivity (Wildman–Crippen MR) is 437 cm³/mol. The minimum Gasteiger partial charge on any atom is -0.478 e. The van der Waals surface area contributed by atoms with E-state index in [2.05, 4.69) is 73.6 Å². The summed E-state index contributed by atoms with van der Waals surface area (Å²) < 4.78 is 9.90. The zero-order chi connectivity index (χ0) is 68.8. The molecule has 1 N–H and O–H groups in total. The summed E-state index contributed by atoms with van der Waals surface area (Å²) in [7, 11) is 0. The van der Waals surface area contributed by atoms with Crippen LogP contribution >= 0.6 is 0 Å². The smallest absolute Gasteiger partial charge is 0.336 e. The quantitative estimate of drug-likeness (QED) is 0.0272. The van der Waals surface area contributed by atoms with Crippen molar-refractivity contribution in [2.75, 3.05) is 31.1 Å². The van der Waals surface area contributed by atoms with E-state index >= 15 is 0 Å². The molecule has 1 heterocycles. The fourth-order valence-electron chi connectivity index (χ4n) is 15.6. The van der Waals surface area contributed by atoms with Crippen molar-refractivity contribution in [3.8, 4) is 22.5 Å². The van der Waals surface area contributed by atoms with Crippen molar-refractivity contribution in [2.45, 2.75) is 446 Å². The minimum atomic E-state index is -0.890. The van der Waals surface area contributed by atoms with Crippen molar-refractivity contribution in [1.82, 2.24) is 4.58 Å². The van der Waals surface area contributed by atoms with Crippen molar-refractivity contribution in [2.24, 2.45) is 0 Å². The molecule has 0 saturated heterocycles. The molecular formula is C93H163N2O3+. The number of carboxylic acids is 1. The van der Waals surface area contributed by atoms with Crippen LogP contribution in [0.4, 0.5) is 5.69 Å². The average Bonchev–Trinajstić information content (AvgIpc) is 0.748. The third-order valence-corrected chi connectivity index (χ3v) is 22.0. The molecule has 1 aliphatic carbocycles. The summed E-state index contributed by atoms with van der Waals surface area (Å²) in [6, 6.07) is 21.4. The number of hydrogen-bond acceptors (Lipinski definition) is 3. The van der Waals surface area contributed by atoms with E-state index in [-0.39, 0.29) is 7.43 Å². The van der Waals surface area contributed by atoms with Crippen molar-refractivity contribution in [1.29, 1.82) is 0 Å². The maximum Gasteiger partial charge on any atom is 0.336 e. The Morgan fingerprint density at radius 3 is 0.949 bits per heavy atom. The first kappa shape index (κ1) is 88.6. The Kier molecular flexibility index (Phi) is 58.1. The summed E-state index contributed by atoms with van der Waals surface area (Å²) in [5.41, 5.74) is 5.14. The molecule has 2 aromatic carbocycles. The van der Waals surface area contributed by atoms with Crippen LogP contribution in [0.15, 0.2) is 65.1 Å². The van der Waals surface area contributed by atoms with Crippen LogP contribution in [0.1, 0.15) is 456 Å². The van der Waals surface area contributed by atoms with Crippen LogP contribution in [0.2, 0.25) is 0 Å². The van der Waals surface area contributed by atoms with E-state index in [1.165, 1.54) is 422 Å². The first-order valence-corrected chi connectivity index (χ1v) is 43.7. The highest BCUT2D eigenvalue weighted by molar-refractivity contribution is 6.07. The fourth-order valence-corrected chi connectivity index (χ4v) is 15.6. The van der Waals surface area contributed by atoms with Crippen LogP contribution in [0, 0.1) is 0 Å². The molecule has 0 amide bonds. The Morgan fingerprint density at radius 1 is 0.337 bits per heavy atom. The van der Waals surface area contributed by atoms with Gasteiger partial charge in [-0.3, -0.25) is 0 Å². The Bertz CT molecular complexity index is 2380. The van der Waals surface area contributed by atoms with E-state index in [1.54, 1.807) is 6.07 Å². The first-order valence-electron chi connectivity index (χ1n) is 43.7. The number of fused-ring (bicyclic) bond motifs is 2. The summed E-state index contributed by atoms with van der Waals surface area (Å²) >= 11 is 0. The van der Waals surface area contributed by atoms with Gasteiger partial charge in [0, 0.05) is 60.3 Å². The number of anilines is 1. The van der Waals surface area contributed by atoms with E-state index in [9.17, 15) is 9.90 Å². The van der Waals surface area contributed by atoms with Crippen molar-refractivity contribution < 1.29 is 14.3 Å². The molecular weight excluding hydrogens is 1190 g/mol. The number of carbonyl (C=O) groups is 1. The molecule has 1 aliphatic heterocycles. The molecule has 0 radical (unpaired) electrons. The van der Waals surface area contributed by atoms with Gasteiger partial charge >= 0.3 is 5.97 Å². The topological polar surface area (TPSA) is 56.7 Å². The summed E-state index contributed by atoms with van der Waals surface area (Å²) in [5, 5.41) is 12.9. The van der Waals surface area contributed by atoms with Crippen molar-refractivity contribution in [3.63, 3.8) is 0 Å². The second-order valence-electron chi connectivity index (χ2n) is 30.9. The van der Waals surface area contributed by atoms with Gasteiger partial charge < -0.3 is 14.4 Å². The van der Waals surface area contributed by atoms with Gasteiger partial charge in [0.1, 0.15) is 24.4 Å². The van der Waals surface area contributed by atoms with E-state index in [0.717, 1.165) is 59.6 Å². The molecule has 2 aromatic rings. The molecule has 562 valence electrons. The number of unbranched alkanes of at least 4 members (excludes halogenated alkanes) is 60. The molecule has 0 aromatic heterocycles. The van der Waals surface area contributed by atoms with Crippen molar-refractivity contribution >= 4 is 22.6 Å². The standard InChI is InChI=1S/C92H158N2O3.CH4/c1-5-9-13-17-21-25-29-33-37-41-45-49-53-57-61-67-77-93(78-68-62-58-54-50-46-42-38-34-30-26-22-18-14-10-6-2)83-73-75-87-89(81-83)97-90-82-84(74-76-88(90)91(87)85-71-65-66-72-86(85)92(95)96)94(79-69-63-59-55-51-47-43-39-35-31-27-23-19-15-11-7-3)80-70-64-60-56-52-48-44-40-36-32-28-24-20-16-12-8-4;/h65-66,71-76,81-82H,5-64,67-70,77-80H2,1-4H3;1H4/p+1. The summed E-state index contributed by atoms with van der Waals surface area (Å²) in [4.78, 5) is 15.7. The first-order chi connectivity index (χ1) is 48.0. The molecule has 0 saturated carbocycles. The molecule has 5 nitrogen and oxygen atoms in total. The number of nitrogens with zero attached hydrogens (tertiary/aromatic N) is 2. The van der Waals surface area contributed by atoms with Gasteiger partial charge in [0.25, 0.3) is 0 Å². The molecule has 0 unspecified atom stereocenters. The number of hydrogen-bond donors (Lipinski definition) is 1. The Morgan fingerprint density at radius 2 is 0.633 bits per heavy atom. The lowest BCUT2D eigenvalue weighted by molar-refractivity contribution is 0.0697. The second kappa shape index (κ2) is 64.3. The lowest BCUT2D eigenvalue weighted by Gasteiger charge is -2.26. The van der Waals surface area contributed by atoms with Crippen LogP contribution in [-0.4, -0.2) is 37.3 Å². The van der Waals surface area contributed by atoms with Crippen LogP contribution in [0.25, 0.3) is 33.4 Å². The van der Waals surface area contributed by atoms with Crippen LogP contribution in [-0.2, 0) is 0 Å². The monoisotopic (exact) mass is 1360 g/mol. The lowest BCUT2D eigenvalue weighted by atomic mass is 9.90. The van der Waals surface area contributed by atoms with Crippen LogP contribution in [0.5, 0.6) is 0 Å². The largest absolute Gasteiger partial charge is 0.478 e. The van der Waals surface area contributed by atoms with Gasteiger partial charge in [0.15, 0.2) is 0 Å². The third kappa shape index (κ3) is 43.4. The maximum atomic E-state index is 13.1.